The Balaban J connectivity index is 0.000000845. The van der Waals surface area contributed by atoms with E-state index in [-0.39, 0.29) is 29.5 Å². The molecule has 0 saturated carbocycles. The van der Waals surface area contributed by atoms with Gasteiger partial charge >= 0.3 is 0 Å². The Kier molecular flexibility index (Phi) is 3.02. The molecule has 3 nitrogen and oxygen atoms in total. The van der Waals surface area contributed by atoms with Crippen LogP contribution in [0.15, 0.2) is 35.4 Å². The van der Waals surface area contributed by atoms with Crippen LogP contribution in [0, 0.1) is 0 Å². The number of H-pyrrole nitrogens is 1. The van der Waals surface area contributed by atoms with Gasteiger partial charge in [0.1, 0.15) is 12.4 Å². The molecular formula is C9H9IN2O. The number of nitrogens with one attached hydrogen (secondary N) is 1. The van der Waals surface area contributed by atoms with E-state index < -0.39 is 0 Å². The van der Waals surface area contributed by atoms with Crippen molar-refractivity contribution in [3.05, 3.63) is 40.9 Å². The second-order valence-electron chi connectivity index (χ2n) is 2.72. The quantitative estimate of drug-likeness (QED) is 0.417. The number of nitrogens with zero attached hydrogens (tertiary/aromatic N) is 1. The van der Waals surface area contributed by atoms with Crippen LogP contribution >= 0.6 is 0 Å². The zero-order valence-corrected chi connectivity index (χ0v) is 9.28. The average molecular weight is 288 g/mol. The van der Waals surface area contributed by atoms with Crippen LogP contribution < -0.4 is 34.1 Å². The summed E-state index contributed by atoms with van der Waals surface area (Å²) in [6.45, 7) is 0. The molecule has 0 atom stereocenters. The average Bonchev–Trinajstić information content (AvgIpc) is 2.07. The fourth-order valence-electron chi connectivity index (χ4n) is 1.30. The molecule has 0 bridgehead atoms. The van der Waals surface area contributed by atoms with Crippen LogP contribution in [-0.4, -0.2) is 4.98 Å². The van der Waals surface area contributed by atoms with Crippen LogP contribution in [0.25, 0.3) is 10.9 Å². The summed E-state index contributed by atoms with van der Waals surface area (Å²) in [5.41, 5.74) is 0.907. The minimum absolute atomic E-state index is 0. The Labute approximate surface area is 92.4 Å². The van der Waals surface area contributed by atoms with Gasteiger partial charge in [0.2, 0.25) is 5.52 Å². The smallest absolute Gasteiger partial charge is 0.261 e. The molecule has 2 heterocycles. The van der Waals surface area contributed by atoms with Crippen molar-refractivity contribution in [3.63, 3.8) is 0 Å². The first-order valence-corrected chi connectivity index (χ1v) is 3.75. The van der Waals surface area contributed by atoms with E-state index in [0.29, 0.717) is 0 Å². The Morgan fingerprint density at radius 1 is 1.38 bits per heavy atom. The van der Waals surface area contributed by atoms with E-state index in [9.17, 15) is 4.79 Å². The van der Waals surface area contributed by atoms with E-state index in [2.05, 4.69) is 4.98 Å². The van der Waals surface area contributed by atoms with Crippen molar-refractivity contribution in [2.75, 3.05) is 0 Å². The summed E-state index contributed by atoms with van der Waals surface area (Å²) in [6.07, 6.45) is 3.58. The van der Waals surface area contributed by atoms with Gasteiger partial charge in [0.15, 0.2) is 6.20 Å². The van der Waals surface area contributed by atoms with Gasteiger partial charge in [-0.05, 0) is 6.07 Å². The lowest BCUT2D eigenvalue weighted by Gasteiger charge is -1.92. The highest BCUT2D eigenvalue weighted by Gasteiger charge is 2.04. The lowest BCUT2D eigenvalue weighted by Crippen LogP contribution is -3.00. The summed E-state index contributed by atoms with van der Waals surface area (Å²) in [5, 5.41) is 0.725. The van der Waals surface area contributed by atoms with Crippen molar-refractivity contribution in [1.82, 2.24) is 4.98 Å². The van der Waals surface area contributed by atoms with Gasteiger partial charge in [0.05, 0.1) is 0 Å². The van der Waals surface area contributed by atoms with E-state index in [1.54, 1.807) is 6.20 Å². The molecule has 0 spiro atoms. The molecule has 0 aliphatic carbocycles. The predicted molar refractivity (Wildman–Crippen MR) is 45.7 cm³/mol. The van der Waals surface area contributed by atoms with Crippen molar-refractivity contribution in [1.29, 1.82) is 0 Å². The van der Waals surface area contributed by atoms with Gasteiger partial charge in [0, 0.05) is 18.3 Å². The summed E-state index contributed by atoms with van der Waals surface area (Å²) in [5.74, 6) is 0. The standard InChI is InChI=1S/C9H8N2O.HI/c1-11-6-2-3-7-8(11)4-5-10-9(7)12;/h2-6H,1H3;1H. The number of aromatic nitrogens is 2. The van der Waals surface area contributed by atoms with Gasteiger partial charge in [0.25, 0.3) is 5.56 Å². The molecule has 2 rings (SSSR count). The predicted octanol–water partition coefficient (Wildman–Crippen LogP) is -2.64. The monoisotopic (exact) mass is 288 g/mol. The minimum atomic E-state index is -0.0382. The second kappa shape index (κ2) is 3.87. The van der Waals surface area contributed by atoms with Gasteiger partial charge in [-0.3, -0.25) is 4.79 Å². The second-order valence-corrected chi connectivity index (χ2v) is 2.72. The van der Waals surface area contributed by atoms with Gasteiger partial charge < -0.3 is 29.0 Å². The zero-order valence-electron chi connectivity index (χ0n) is 7.12. The number of aromatic amines is 1. The number of aryl methyl sites for hydroxylation is 1. The van der Waals surface area contributed by atoms with E-state index in [1.165, 1.54) is 0 Å². The first-order chi connectivity index (χ1) is 5.79. The number of pyridine rings is 2. The highest BCUT2D eigenvalue weighted by molar-refractivity contribution is 5.73. The SMILES string of the molecule is C[n+]1cccc2c(=O)[nH]ccc21.[I-]. The molecule has 0 fully saturated rings. The molecular weight excluding hydrogens is 279 g/mol. The van der Waals surface area contributed by atoms with Crippen molar-refractivity contribution in [2.24, 2.45) is 7.05 Å². The zero-order chi connectivity index (χ0) is 8.55. The van der Waals surface area contributed by atoms with Crippen LogP contribution in [0.2, 0.25) is 0 Å². The van der Waals surface area contributed by atoms with E-state index in [0.717, 1.165) is 10.9 Å². The summed E-state index contributed by atoms with van der Waals surface area (Å²) >= 11 is 0. The molecule has 68 valence electrons. The molecule has 0 amide bonds. The molecule has 0 aromatic carbocycles. The third kappa shape index (κ3) is 1.72. The van der Waals surface area contributed by atoms with E-state index >= 15 is 0 Å². The lowest BCUT2D eigenvalue weighted by molar-refractivity contribution is -0.644. The highest BCUT2D eigenvalue weighted by Crippen LogP contribution is 1.99. The minimum Gasteiger partial charge on any atom is -1.00 e. The fraction of sp³-hybridized carbons (Fsp3) is 0.111. The molecule has 4 heteroatoms. The summed E-state index contributed by atoms with van der Waals surface area (Å²) < 4.78 is 1.92. The van der Waals surface area contributed by atoms with Crippen molar-refractivity contribution in [2.45, 2.75) is 0 Å². The maximum Gasteiger partial charge on any atom is 0.261 e. The Hall–Kier alpha value is -0.910. The van der Waals surface area contributed by atoms with Crippen molar-refractivity contribution < 1.29 is 28.5 Å². The number of hydrogen-bond donors (Lipinski definition) is 1. The van der Waals surface area contributed by atoms with E-state index in [1.807, 2.05) is 36.0 Å². The maximum atomic E-state index is 11.3. The summed E-state index contributed by atoms with van der Waals surface area (Å²) in [4.78, 5) is 13.9. The first-order valence-electron chi connectivity index (χ1n) is 3.75. The van der Waals surface area contributed by atoms with Crippen LogP contribution in [0.3, 0.4) is 0 Å². The molecule has 0 aliphatic heterocycles. The maximum absolute atomic E-state index is 11.3. The molecule has 0 unspecified atom stereocenters. The van der Waals surface area contributed by atoms with E-state index in [4.69, 9.17) is 0 Å². The summed E-state index contributed by atoms with van der Waals surface area (Å²) in [6, 6.07) is 5.56. The third-order valence-corrected chi connectivity index (χ3v) is 1.93. The van der Waals surface area contributed by atoms with Crippen molar-refractivity contribution in [3.8, 4) is 0 Å². The molecule has 2 aromatic heterocycles. The van der Waals surface area contributed by atoms with Gasteiger partial charge in [-0.15, -0.1) is 0 Å². The normalized spacial score (nSPS) is 9.62. The first kappa shape index (κ1) is 10.2. The van der Waals surface area contributed by atoms with Gasteiger partial charge in [-0.2, -0.15) is 0 Å². The number of fused-ring (bicyclic) bond motifs is 1. The largest absolute Gasteiger partial charge is 1.00 e. The van der Waals surface area contributed by atoms with Crippen LogP contribution in [-0.2, 0) is 7.05 Å². The van der Waals surface area contributed by atoms with Crippen LogP contribution in [0.1, 0.15) is 0 Å². The molecule has 2 aromatic rings. The topological polar surface area (TPSA) is 36.7 Å². The molecule has 0 aliphatic rings. The Morgan fingerprint density at radius 3 is 2.85 bits per heavy atom. The molecule has 0 saturated heterocycles. The fourth-order valence-corrected chi connectivity index (χ4v) is 1.30. The summed E-state index contributed by atoms with van der Waals surface area (Å²) in [7, 11) is 1.92. The lowest BCUT2D eigenvalue weighted by atomic mass is 10.2. The molecule has 0 radical (unpaired) electrons. The number of halogens is 1. The highest BCUT2D eigenvalue weighted by atomic mass is 127. The number of hydrogen-bond acceptors (Lipinski definition) is 1. The molecule has 13 heavy (non-hydrogen) atoms. The Morgan fingerprint density at radius 2 is 2.15 bits per heavy atom. The number of rotatable bonds is 0. The van der Waals surface area contributed by atoms with Gasteiger partial charge in [-0.1, -0.05) is 0 Å². The Bertz CT molecular complexity index is 478. The van der Waals surface area contributed by atoms with Crippen LogP contribution in [0.5, 0.6) is 0 Å². The van der Waals surface area contributed by atoms with Gasteiger partial charge in [-0.25, -0.2) is 4.57 Å². The third-order valence-electron chi connectivity index (χ3n) is 1.93. The van der Waals surface area contributed by atoms with Crippen LogP contribution in [0.4, 0.5) is 0 Å². The molecule has 1 N–H and O–H groups in total. The van der Waals surface area contributed by atoms with Crippen molar-refractivity contribution >= 4 is 10.9 Å².